The highest BCUT2D eigenvalue weighted by atomic mass is 16.5. The van der Waals surface area contributed by atoms with E-state index in [2.05, 4.69) is 32.0 Å². The lowest BCUT2D eigenvalue weighted by Gasteiger charge is -2.23. The molecule has 0 aromatic heterocycles. The molecule has 1 N–H and O–H groups in total. The lowest BCUT2D eigenvalue weighted by Crippen LogP contribution is -2.34. The number of terminal acetylenes is 1. The van der Waals surface area contributed by atoms with Crippen LogP contribution in [0.1, 0.15) is 33.6 Å². The molecule has 0 radical (unpaired) electrons. The maximum atomic E-state index is 5.65. The average molecular weight is 183 g/mol. The van der Waals surface area contributed by atoms with E-state index >= 15 is 0 Å². The van der Waals surface area contributed by atoms with Crippen molar-refractivity contribution in [1.29, 1.82) is 0 Å². The zero-order chi connectivity index (χ0) is 10.3. The van der Waals surface area contributed by atoms with Crippen LogP contribution in [0.2, 0.25) is 0 Å². The van der Waals surface area contributed by atoms with Crippen LogP contribution < -0.4 is 5.32 Å². The molecule has 1 atom stereocenters. The molecular formula is C11H21NO. The Balaban J connectivity index is 3.67. The predicted octanol–water partition coefficient (Wildman–Crippen LogP) is 1.80. The third kappa shape index (κ3) is 7.83. The molecule has 0 saturated carbocycles. The smallest absolute Gasteiger partial charge is 0.0626 e. The molecule has 2 heteroatoms. The Morgan fingerprint density at radius 1 is 1.46 bits per heavy atom. The van der Waals surface area contributed by atoms with E-state index < -0.39 is 0 Å². The van der Waals surface area contributed by atoms with E-state index in [1.165, 1.54) is 0 Å². The summed E-state index contributed by atoms with van der Waals surface area (Å²) in [5, 5.41) is 3.19. The molecule has 0 saturated heterocycles. The zero-order valence-corrected chi connectivity index (χ0v) is 9.18. The summed E-state index contributed by atoms with van der Waals surface area (Å²) in [4.78, 5) is 0. The number of hydrogen-bond acceptors (Lipinski definition) is 2. The molecule has 2 nitrogen and oxygen atoms in total. The molecule has 13 heavy (non-hydrogen) atoms. The van der Waals surface area contributed by atoms with Gasteiger partial charge >= 0.3 is 0 Å². The normalized spacial score (nSPS) is 13.8. The van der Waals surface area contributed by atoms with Crippen molar-refractivity contribution >= 4 is 0 Å². The van der Waals surface area contributed by atoms with E-state index in [4.69, 9.17) is 11.2 Å². The summed E-state index contributed by atoms with van der Waals surface area (Å²) >= 11 is 0. The third-order valence-corrected chi connectivity index (χ3v) is 1.76. The van der Waals surface area contributed by atoms with Gasteiger partial charge < -0.3 is 10.1 Å². The van der Waals surface area contributed by atoms with Crippen molar-refractivity contribution < 1.29 is 4.74 Å². The minimum atomic E-state index is -0.0642. The highest BCUT2D eigenvalue weighted by Gasteiger charge is 2.13. The zero-order valence-electron chi connectivity index (χ0n) is 9.18. The van der Waals surface area contributed by atoms with Gasteiger partial charge in [-0.3, -0.25) is 0 Å². The molecule has 0 bridgehead atoms. The van der Waals surface area contributed by atoms with Crippen molar-refractivity contribution in [2.75, 3.05) is 13.7 Å². The summed E-state index contributed by atoms with van der Waals surface area (Å²) in [5.74, 6) is 2.63. The lowest BCUT2D eigenvalue weighted by molar-refractivity contribution is -0.0143. The molecule has 1 unspecified atom stereocenters. The second-order valence-corrected chi connectivity index (χ2v) is 4.15. The van der Waals surface area contributed by atoms with Gasteiger partial charge in [-0.05, 0) is 34.2 Å². The summed E-state index contributed by atoms with van der Waals surface area (Å²) in [6.45, 7) is 6.89. The topological polar surface area (TPSA) is 21.3 Å². The maximum Gasteiger partial charge on any atom is 0.0626 e. The molecular weight excluding hydrogens is 162 g/mol. The second kappa shape index (κ2) is 6.01. The Morgan fingerprint density at radius 3 is 2.46 bits per heavy atom. The van der Waals surface area contributed by atoms with Gasteiger partial charge in [0.25, 0.3) is 0 Å². The second-order valence-electron chi connectivity index (χ2n) is 4.15. The number of rotatable bonds is 5. The average Bonchev–Trinajstić information content (AvgIpc) is 2.03. The van der Waals surface area contributed by atoms with Crippen molar-refractivity contribution in [3.8, 4) is 12.3 Å². The van der Waals surface area contributed by atoms with Gasteiger partial charge in [-0.25, -0.2) is 0 Å². The van der Waals surface area contributed by atoms with Gasteiger partial charge in [0.05, 0.1) is 12.2 Å². The van der Waals surface area contributed by atoms with Crippen LogP contribution in [0.4, 0.5) is 0 Å². The SMILES string of the molecule is C#CCCC(COC(C)(C)C)NC. The highest BCUT2D eigenvalue weighted by molar-refractivity contribution is 4.85. The summed E-state index contributed by atoms with van der Waals surface area (Å²) in [7, 11) is 1.94. The van der Waals surface area contributed by atoms with E-state index in [9.17, 15) is 0 Å². The van der Waals surface area contributed by atoms with Crippen molar-refractivity contribution in [2.45, 2.75) is 45.3 Å². The fraction of sp³-hybridized carbons (Fsp3) is 0.818. The Bertz CT molecular complexity index is 164. The summed E-state index contributed by atoms with van der Waals surface area (Å²) in [5.41, 5.74) is -0.0642. The first-order valence-corrected chi connectivity index (χ1v) is 4.74. The third-order valence-electron chi connectivity index (χ3n) is 1.76. The van der Waals surface area contributed by atoms with E-state index in [0.717, 1.165) is 19.4 Å². The van der Waals surface area contributed by atoms with Crippen LogP contribution in [-0.4, -0.2) is 25.3 Å². The predicted molar refractivity (Wildman–Crippen MR) is 56.6 cm³/mol. The minimum Gasteiger partial charge on any atom is -0.374 e. The molecule has 0 aliphatic carbocycles. The Labute approximate surface area is 82.1 Å². The van der Waals surface area contributed by atoms with Crippen LogP contribution in [0.5, 0.6) is 0 Å². The van der Waals surface area contributed by atoms with Crippen LogP contribution in [0.3, 0.4) is 0 Å². The standard InChI is InChI=1S/C11H21NO/c1-6-7-8-10(12-5)9-13-11(2,3)4/h1,10,12H,7-9H2,2-5H3. The monoisotopic (exact) mass is 183 g/mol. The van der Waals surface area contributed by atoms with Crippen LogP contribution in [0.15, 0.2) is 0 Å². The molecule has 0 rings (SSSR count). The summed E-state index contributed by atoms with van der Waals surface area (Å²) in [6, 6.07) is 0.371. The van der Waals surface area contributed by atoms with E-state index in [1.807, 2.05) is 7.05 Å². The lowest BCUT2D eigenvalue weighted by atomic mass is 10.1. The number of likely N-dealkylation sites (N-methyl/N-ethyl adjacent to an activating group) is 1. The Kier molecular flexibility index (Phi) is 5.77. The van der Waals surface area contributed by atoms with Crippen molar-refractivity contribution in [3.63, 3.8) is 0 Å². The van der Waals surface area contributed by atoms with E-state index in [1.54, 1.807) is 0 Å². The maximum absolute atomic E-state index is 5.65. The van der Waals surface area contributed by atoms with Gasteiger partial charge in [0.1, 0.15) is 0 Å². The van der Waals surface area contributed by atoms with Crippen molar-refractivity contribution in [2.24, 2.45) is 0 Å². The fourth-order valence-corrected chi connectivity index (χ4v) is 0.919. The molecule has 0 aliphatic heterocycles. The van der Waals surface area contributed by atoms with Crippen LogP contribution in [0.25, 0.3) is 0 Å². The number of ether oxygens (including phenoxy) is 1. The first-order chi connectivity index (χ1) is 5.99. The number of hydrogen-bond donors (Lipinski definition) is 1. The molecule has 76 valence electrons. The Hall–Kier alpha value is -0.520. The molecule has 0 aliphatic rings. The van der Waals surface area contributed by atoms with Crippen molar-refractivity contribution in [1.82, 2.24) is 5.32 Å². The van der Waals surface area contributed by atoms with Gasteiger partial charge in [-0.15, -0.1) is 12.3 Å². The highest BCUT2D eigenvalue weighted by Crippen LogP contribution is 2.08. The molecule has 0 spiro atoms. The van der Waals surface area contributed by atoms with E-state index in [0.29, 0.717) is 6.04 Å². The summed E-state index contributed by atoms with van der Waals surface area (Å²) < 4.78 is 5.65. The van der Waals surface area contributed by atoms with E-state index in [-0.39, 0.29) is 5.60 Å². The van der Waals surface area contributed by atoms with Gasteiger partial charge in [-0.1, -0.05) is 0 Å². The fourth-order valence-electron chi connectivity index (χ4n) is 0.919. The van der Waals surface area contributed by atoms with Gasteiger partial charge in [-0.2, -0.15) is 0 Å². The van der Waals surface area contributed by atoms with Crippen molar-refractivity contribution in [3.05, 3.63) is 0 Å². The molecule has 0 amide bonds. The largest absolute Gasteiger partial charge is 0.374 e. The molecule has 0 fully saturated rings. The minimum absolute atomic E-state index is 0.0642. The quantitative estimate of drug-likeness (QED) is 0.656. The first kappa shape index (κ1) is 12.5. The van der Waals surface area contributed by atoms with Gasteiger partial charge in [0, 0.05) is 12.5 Å². The van der Waals surface area contributed by atoms with Gasteiger partial charge in [0.15, 0.2) is 0 Å². The molecule has 0 aromatic rings. The van der Waals surface area contributed by atoms with Crippen LogP contribution >= 0.6 is 0 Å². The summed E-state index contributed by atoms with van der Waals surface area (Å²) in [6.07, 6.45) is 6.97. The van der Waals surface area contributed by atoms with Crippen LogP contribution in [-0.2, 0) is 4.74 Å². The van der Waals surface area contributed by atoms with Gasteiger partial charge in [0.2, 0.25) is 0 Å². The van der Waals surface area contributed by atoms with Crippen LogP contribution in [0, 0.1) is 12.3 Å². The Morgan fingerprint density at radius 2 is 2.08 bits per heavy atom. The first-order valence-electron chi connectivity index (χ1n) is 4.74. The molecule has 0 aromatic carbocycles. The number of nitrogens with one attached hydrogen (secondary N) is 1. The molecule has 0 heterocycles.